The second kappa shape index (κ2) is 5.11. The number of rotatable bonds is 3. The average molecular weight is 261 g/mol. The molecule has 0 saturated heterocycles. The smallest absolute Gasteiger partial charge is 0.181 e. The highest BCUT2D eigenvalue weighted by Crippen LogP contribution is 2.19. The van der Waals surface area contributed by atoms with E-state index in [0.717, 1.165) is 17.3 Å². The number of aromatic nitrogens is 1. The van der Waals surface area contributed by atoms with Crippen LogP contribution in [0.1, 0.15) is 17.0 Å². The third-order valence-corrected chi connectivity index (χ3v) is 3.18. The van der Waals surface area contributed by atoms with Gasteiger partial charge in [-0.05, 0) is 30.7 Å². The van der Waals surface area contributed by atoms with Gasteiger partial charge in [0.25, 0.3) is 0 Å². The predicted molar refractivity (Wildman–Crippen MR) is 68.5 cm³/mol. The zero-order valence-corrected chi connectivity index (χ0v) is 10.7. The van der Waals surface area contributed by atoms with Crippen molar-refractivity contribution in [1.82, 2.24) is 4.57 Å². The maximum absolute atomic E-state index is 13.5. The van der Waals surface area contributed by atoms with Crippen molar-refractivity contribution in [3.8, 4) is 6.07 Å². The molecule has 2 rings (SSSR count). The number of anilines is 1. The summed E-state index contributed by atoms with van der Waals surface area (Å²) >= 11 is 0. The Bertz CT molecular complexity index is 653. The summed E-state index contributed by atoms with van der Waals surface area (Å²) in [6.07, 6.45) is 0. The molecule has 0 spiro atoms. The molecular weight excluding hydrogens is 248 g/mol. The Morgan fingerprint density at radius 3 is 2.74 bits per heavy atom. The summed E-state index contributed by atoms with van der Waals surface area (Å²) < 4.78 is 28.3. The van der Waals surface area contributed by atoms with Crippen molar-refractivity contribution in [1.29, 1.82) is 5.26 Å². The Kier molecular flexibility index (Phi) is 3.52. The molecule has 5 heteroatoms. The predicted octanol–water partition coefficient (Wildman–Crippen LogP) is 3.10. The van der Waals surface area contributed by atoms with Gasteiger partial charge in [0, 0.05) is 19.3 Å². The van der Waals surface area contributed by atoms with Crippen molar-refractivity contribution in [3.63, 3.8) is 0 Å². The fourth-order valence-electron chi connectivity index (χ4n) is 1.88. The Hall–Kier alpha value is -2.35. The minimum atomic E-state index is -0.892. The molecule has 98 valence electrons. The summed E-state index contributed by atoms with van der Waals surface area (Å²) in [6, 6.07) is 7.80. The summed E-state index contributed by atoms with van der Waals surface area (Å²) in [4.78, 5) is 0. The Balaban J connectivity index is 2.20. The molecule has 0 aliphatic carbocycles. The standard InChI is InChI=1S/C14H13F2N3/c1-9-10(6-11(7-17)19(9)2)8-18-13-5-3-4-12(15)14(13)16/h3-6,18H,8H2,1-2H3. The summed E-state index contributed by atoms with van der Waals surface area (Å²) in [5.74, 6) is -1.77. The Morgan fingerprint density at radius 2 is 2.11 bits per heavy atom. The molecule has 0 saturated carbocycles. The molecule has 1 aromatic carbocycles. The fourth-order valence-corrected chi connectivity index (χ4v) is 1.88. The molecule has 1 aromatic heterocycles. The van der Waals surface area contributed by atoms with Gasteiger partial charge in [-0.15, -0.1) is 0 Å². The number of nitrogens with zero attached hydrogens (tertiary/aromatic N) is 2. The van der Waals surface area contributed by atoms with Crippen LogP contribution >= 0.6 is 0 Å². The summed E-state index contributed by atoms with van der Waals surface area (Å²) in [5, 5.41) is 11.8. The molecule has 1 heterocycles. The van der Waals surface area contributed by atoms with E-state index >= 15 is 0 Å². The molecular formula is C14H13F2N3. The minimum absolute atomic E-state index is 0.113. The fraction of sp³-hybridized carbons (Fsp3) is 0.214. The molecule has 19 heavy (non-hydrogen) atoms. The van der Waals surface area contributed by atoms with Crippen molar-refractivity contribution >= 4 is 5.69 Å². The first-order chi connectivity index (χ1) is 9.04. The molecule has 0 unspecified atom stereocenters. The topological polar surface area (TPSA) is 40.8 Å². The van der Waals surface area contributed by atoms with E-state index in [4.69, 9.17) is 5.26 Å². The van der Waals surface area contributed by atoms with Crippen molar-refractivity contribution in [2.45, 2.75) is 13.5 Å². The van der Waals surface area contributed by atoms with Crippen LogP contribution in [0.3, 0.4) is 0 Å². The second-order valence-electron chi connectivity index (χ2n) is 4.27. The number of benzene rings is 1. The van der Waals surface area contributed by atoms with Crippen LogP contribution in [0.4, 0.5) is 14.5 Å². The number of halogens is 2. The lowest BCUT2D eigenvalue weighted by molar-refractivity contribution is 0.511. The lowest BCUT2D eigenvalue weighted by Crippen LogP contribution is -2.04. The highest BCUT2D eigenvalue weighted by Gasteiger charge is 2.10. The Morgan fingerprint density at radius 1 is 1.37 bits per heavy atom. The van der Waals surface area contributed by atoms with E-state index in [1.807, 2.05) is 6.92 Å². The second-order valence-corrected chi connectivity index (χ2v) is 4.27. The first-order valence-electron chi connectivity index (χ1n) is 5.77. The van der Waals surface area contributed by atoms with E-state index in [-0.39, 0.29) is 5.69 Å². The van der Waals surface area contributed by atoms with Crippen molar-refractivity contribution in [2.24, 2.45) is 7.05 Å². The van der Waals surface area contributed by atoms with Crippen LogP contribution in [0.5, 0.6) is 0 Å². The van der Waals surface area contributed by atoms with Crippen molar-refractivity contribution in [2.75, 3.05) is 5.32 Å². The number of hydrogen-bond donors (Lipinski definition) is 1. The normalized spacial score (nSPS) is 10.3. The molecule has 0 atom stereocenters. The molecule has 0 aliphatic heterocycles. The number of nitrogens with one attached hydrogen (secondary N) is 1. The largest absolute Gasteiger partial charge is 0.378 e. The molecule has 2 aromatic rings. The molecule has 0 fully saturated rings. The lowest BCUT2D eigenvalue weighted by atomic mass is 10.2. The van der Waals surface area contributed by atoms with Gasteiger partial charge in [-0.2, -0.15) is 5.26 Å². The van der Waals surface area contributed by atoms with Crippen LogP contribution in [0.2, 0.25) is 0 Å². The van der Waals surface area contributed by atoms with E-state index in [2.05, 4.69) is 11.4 Å². The van der Waals surface area contributed by atoms with Crippen molar-refractivity contribution < 1.29 is 8.78 Å². The molecule has 3 nitrogen and oxygen atoms in total. The summed E-state index contributed by atoms with van der Waals surface area (Å²) in [6.45, 7) is 2.21. The summed E-state index contributed by atoms with van der Waals surface area (Å²) in [7, 11) is 1.79. The number of nitriles is 1. The highest BCUT2D eigenvalue weighted by atomic mass is 19.2. The lowest BCUT2D eigenvalue weighted by Gasteiger charge is -2.08. The first kappa shape index (κ1) is 13.1. The molecule has 1 N–H and O–H groups in total. The van der Waals surface area contributed by atoms with E-state index in [1.54, 1.807) is 17.7 Å². The molecule has 0 bridgehead atoms. The monoisotopic (exact) mass is 261 g/mol. The Labute approximate surface area is 110 Å². The van der Waals surface area contributed by atoms with E-state index < -0.39 is 11.6 Å². The van der Waals surface area contributed by atoms with E-state index in [0.29, 0.717) is 12.2 Å². The first-order valence-corrected chi connectivity index (χ1v) is 5.77. The van der Waals surface area contributed by atoms with Crippen LogP contribution in [0.15, 0.2) is 24.3 Å². The van der Waals surface area contributed by atoms with Crippen LogP contribution in [-0.4, -0.2) is 4.57 Å². The van der Waals surface area contributed by atoms with Gasteiger partial charge in [0.05, 0.1) is 5.69 Å². The molecule has 0 amide bonds. The van der Waals surface area contributed by atoms with E-state index in [9.17, 15) is 8.78 Å². The van der Waals surface area contributed by atoms with Gasteiger partial charge in [-0.3, -0.25) is 0 Å². The number of hydrogen-bond acceptors (Lipinski definition) is 2. The third-order valence-electron chi connectivity index (χ3n) is 3.18. The van der Waals surface area contributed by atoms with Crippen LogP contribution < -0.4 is 5.32 Å². The van der Waals surface area contributed by atoms with Crippen LogP contribution in [0.25, 0.3) is 0 Å². The maximum atomic E-state index is 13.5. The molecule has 0 radical (unpaired) electrons. The van der Waals surface area contributed by atoms with Crippen molar-refractivity contribution in [3.05, 3.63) is 52.9 Å². The van der Waals surface area contributed by atoms with Gasteiger partial charge in [-0.1, -0.05) is 6.07 Å². The van der Waals surface area contributed by atoms with Gasteiger partial charge >= 0.3 is 0 Å². The average Bonchev–Trinajstić information content (AvgIpc) is 2.68. The minimum Gasteiger partial charge on any atom is -0.378 e. The zero-order chi connectivity index (χ0) is 14.0. The van der Waals surface area contributed by atoms with Gasteiger partial charge in [0.15, 0.2) is 11.6 Å². The van der Waals surface area contributed by atoms with Gasteiger partial charge in [0.2, 0.25) is 0 Å². The third kappa shape index (κ3) is 2.43. The van der Waals surface area contributed by atoms with Gasteiger partial charge < -0.3 is 9.88 Å². The zero-order valence-electron chi connectivity index (χ0n) is 10.7. The summed E-state index contributed by atoms with van der Waals surface area (Å²) in [5.41, 5.74) is 2.44. The SMILES string of the molecule is Cc1c(CNc2cccc(F)c2F)cc(C#N)n1C. The van der Waals surface area contributed by atoms with Crippen LogP contribution in [-0.2, 0) is 13.6 Å². The highest BCUT2D eigenvalue weighted by molar-refractivity contribution is 5.46. The molecule has 0 aliphatic rings. The van der Waals surface area contributed by atoms with Crippen LogP contribution in [0, 0.1) is 29.9 Å². The van der Waals surface area contributed by atoms with E-state index in [1.165, 1.54) is 12.1 Å². The quantitative estimate of drug-likeness (QED) is 0.922. The van der Waals surface area contributed by atoms with Gasteiger partial charge in [0.1, 0.15) is 11.8 Å². The van der Waals surface area contributed by atoms with Gasteiger partial charge in [-0.25, -0.2) is 8.78 Å². The maximum Gasteiger partial charge on any atom is 0.181 e.